The van der Waals surface area contributed by atoms with Crippen LogP contribution in [-0.2, 0) is 14.3 Å². The zero-order valence-electron chi connectivity index (χ0n) is 12.6. The highest BCUT2D eigenvalue weighted by Gasteiger charge is 2.50. The van der Waals surface area contributed by atoms with Gasteiger partial charge in [0.15, 0.2) is 0 Å². The van der Waals surface area contributed by atoms with Crippen LogP contribution < -0.4 is 0 Å². The number of carbonyl (C=O) groups is 2. The van der Waals surface area contributed by atoms with E-state index in [9.17, 15) is 22.5 Å². The van der Waals surface area contributed by atoms with Gasteiger partial charge in [-0.15, -0.1) is 0 Å². The van der Waals surface area contributed by atoms with Crippen molar-refractivity contribution in [1.29, 1.82) is 0 Å². The number of nitrogens with zero attached hydrogens (tertiary/aromatic N) is 1. The average Bonchev–Trinajstić information content (AvgIpc) is 2.71. The van der Waals surface area contributed by atoms with E-state index in [1.54, 1.807) is 20.8 Å². The maximum Gasteiger partial charge on any atom is 0.484 e. The van der Waals surface area contributed by atoms with Crippen molar-refractivity contribution >= 4 is 19.0 Å². The van der Waals surface area contributed by atoms with Crippen molar-refractivity contribution in [1.82, 2.24) is 4.90 Å². The van der Waals surface area contributed by atoms with E-state index < -0.39 is 42.9 Å². The molecule has 5 nitrogen and oxygen atoms in total. The molecule has 0 N–H and O–H groups in total. The second-order valence-corrected chi connectivity index (χ2v) is 6.03. The van der Waals surface area contributed by atoms with Crippen LogP contribution in [0.4, 0.5) is 17.7 Å². The number of likely N-dealkylation sites (tertiary alicyclic amines) is 1. The molecular formula is C12H20BF3NO4-. The smallest absolute Gasteiger partial charge is 0.466 e. The Morgan fingerprint density at radius 3 is 2.24 bits per heavy atom. The molecule has 0 aromatic carbocycles. The molecule has 1 saturated heterocycles. The van der Waals surface area contributed by atoms with Crippen molar-refractivity contribution in [3.05, 3.63) is 0 Å². The summed E-state index contributed by atoms with van der Waals surface area (Å²) in [5.74, 6) is -4.17. The molecule has 122 valence electrons. The number of carbonyl (C=O) groups excluding carboxylic acids is 2. The van der Waals surface area contributed by atoms with Crippen molar-refractivity contribution in [2.24, 2.45) is 5.92 Å². The lowest BCUT2D eigenvalue weighted by atomic mass is 9.67. The fraction of sp³-hybridized carbons (Fsp3) is 0.833. The van der Waals surface area contributed by atoms with Crippen LogP contribution >= 0.6 is 0 Å². The van der Waals surface area contributed by atoms with Gasteiger partial charge < -0.3 is 27.3 Å². The Kier molecular flexibility index (Phi) is 5.17. The van der Waals surface area contributed by atoms with Crippen LogP contribution in [0.1, 0.15) is 27.7 Å². The van der Waals surface area contributed by atoms with Crippen LogP contribution in [0.15, 0.2) is 0 Å². The van der Waals surface area contributed by atoms with Crippen molar-refractivity contribution in [2.45, 2.75) is 39.1 Å². The van der Waals surface area contributed by atoms with Gasteiger partial charge in [-0.05, 0) is 33.5 Å². The molecule has 0 bridgehead atoms. The van der Waals surface area contributed by atoms with Crippen LogP contribution in [-0.4, -0.2) is 49.2 Å². The summed E-state index contributed by atoms with van der Waals surface area (Å²) < 4.78 is 48.9. The third-order valence-corrected chi connectivity index (χ3v) is 3.09. The molecule has 1 heterocycles. The van der Waals surface area contributed by atoms with Gasteiger partial charge in [-0.1, -0.05) is 0 Å². The van der Waals surface area contributed by atoms with Gasteiger partial charge in [0.05, 0.1) is 12.5 Å². The van der Waals surface area contributed by atoms with E-state index in [1.165, 1.54) is 6.92 Å². The summed E-state index contributed by atoms with van der Waals surface area (Å²) in [7, 11) is 0. The van der Waals surface area contributed by atoms with Crippen LogP contribution in [0, 0.1) is 5.92 Å². The quantitative estimate of drug-likeness (QED) is 0.594. The molecule has 0 unspecified atom stereocenters. The molecule has 1 rings (SSSR count). The lowest BCUT2D eigenvalue weighted by Gasteiger charge is -2.26. The standard InChI is InChI=1S/C12H20BF3NO4/c1-5-20-10(18)8-6-17(7-9(8)13(14,15)16)11(19)21-12(2,3)4/h8-9H,5-7H2,1-4H3/q-1/t8-,9-/m0/s1. The van der Waals surface area contributed by atoms with E-state index in [2.05, 4.69) is 4.74 Å². The van der Waals surface area contributed by atoms with E-state index in [1.807, 2.05) is 0 Å². The normalized spacial score (nSPS) is 23.1. The summed E-state index contributed by atoms with van der Waals surface area (Å²) >= 11 is 0. The summed E-state index contributed by atoms with van der Waals surface area (Å²) in [6.07, 6.45) is -0.848. The minimum Gasteiger partial charge on any atom is -0.466 e. The summed E-state index contributed by atoms with van der Waals surface area (Å²) in [6.45, 7) is 0.228. The molecule has 21 heavy (non-hydrogen) atoms. The molecule has 9 heteroatoms. The number of ether oxygens (including phenoxy) is 2. The Balaban J connectivity index is 2.85. The Hall–Kier alpha value is -1.41. The largest absolute Gasteiger partial charge is 0.484 e. The van der Waals surface area contributed by atoms with E-state index in [0.717, 1.165) is 4.90 Å². The molecule has 0 spiro atoms. The molecule has 1 amide bonds. The van der Waals surface area contributed by atoms with Gasteiger partial charge in [-0.2, -0.15) is 0 Å². The summed E-state index contributed by atoms with van der Waals surface area (Å²) in [6, 6.07) is 0. The first-order chi connectivity index (χ1) is 9.45. The average molecular weight is 310 g/mol. The Bertz CT molecular complexity index is 408. The minimum atomic E-state index is -5.25. The Morgan fingerprint density at radius 1 is 1.24 bits per heavy atom. The van der Waals surface area contributed by atoms with E-state index in [4.69, 9.17) is 4.74 Å². The van der Waals surface area contributed by atoms with Crippen molar-refractivity contribution in [3.63, 3.8) is 0 Å². The monoisotopic (exact) mass is 310 g/mol. The first-order valence-corrected chi connectivity index (χ1v) is 6.80. The van der Waals surface area contributed by atoms with Gasteiger partial charge in [0.1, 0.15) is 5.60 Å². The first kappa shape index (κ1) is 17.6. The molecule has 1 aliphatic rings. The number of halogens is 3. The zero-order chi connectivity index (χ0) is 16.4. The maximum atomic E-state index is 13.1. The highest BCUT2D eigenvalue weighted by atomic mass is 19.4. The second kappa shape index (κ2) is 6.15. The molecule has 2 atom stereocenters. The fourth-order valence-corrected chi connectivity index (χ4v) is 2.19. The Labute approximate surface area is 121 Å². The second-order valence-electron chi connectivity index (χ2n) is 6.03. The summed E-state index contributed by atoms with van der Waals surface area (Å²) in [5, 5.41) is 0. The van der Waals surface area contributed by atoms with Gasteiger partial charge in [0.25, 0.3) is 0 Å². The third kappa shape index (κ3) is 4.82. The van der Waals surface area contributed by atoms with Gasteiger partial charge in [-0.25, -0.2) is 4.79 Å². The van der Waals surface area contributed by atoms with Gasteiger partial charge in [0.2, 0.25) is 0 Å². The number of hydrogen-bond donors (Lipinski definition) is 0. The van der Waals surface area contributed by atoms with Gasteiger partial charge in [-0.3, -0.25) is 4.79 Å². The molecular weight excluding hydrogens is 290 g/mol. The predicted molar refractivity (Wildman–Crippen MR) is 70.8 cm³/mol. The van der Waals surface area contributed by atoms with Crippen LogP contribution in [0.3, 0.4) is 0 Å². The topological polar surface area (TPSA) is 55.8 Å². The maximum absolute atomic E-state index is 13.1. The Morgan fingerprint density at radius 2 is 1.81 bits per heavy atom. The van der Waals surface area contributed by atoms with Crippen molar-refractivity contribution in [2.75, 3.05) is 19.7 Å². The fourth-order valence-electron chi connectivity index (χ4n) is 2.19. The number of hydrogen-bond acceptors (Lipinski definition) is 4. The SMILES string of the molecule is CCOC(=O)[C@H]1CN(C(=O)OC(C)(C)C)C[C@@H]1[B-](F)(F)F. The zero-order valence-corrected chi connectivity index (χ0v) is 12.6. The van der Waals surface area contributed by atoms with Gasteiger partial charge >= 0.3 is 19.0 Å². The molecule has 0 aromatic rings. The molecule has 1 fully saturated rings. The number of amides is 1. The summed E-state index contributed by atoms with van der Waals surface area (Å²) in [4.78, 5) is 24.4. The molecule has 0 aromatic heterocycles. The summed E-state index contributed by atoms with van der Waals surface area (Å²) in [5.41, 5.74) is -0.808. The lowest BCUT2D eigenvalue weighted by molar-refractivity contribution is -0.147. The van der Waals surface area contributed by atoms with E-state index in [0.29, 0.717) is 0 Å². The van der Waals surface area contributed by atoms with E-state index >= 15 is 0 Å². The van der Waals surface area contributed by atoms with Crippen molar-refractivity contribution in [3.8, 4) is 0 Å². The molecule has 0 radical (unpaired) electrons. The molecule has 1 aliphatic heterocycles. The van der Waals surface area contributed by atoms with E-state index in [-0.39, 0.29) is 13.2 Å². The van der Waals surface area contributed by atoms with Crippen LogP contribution in [0.25, 0.3) is 0 Å². The van der Waals surface area contributed by atoms with Crippen LogP contribution in [0.2, 0.25) is 5.82 Å². The molecule has 0 aliphatic carbocycles. The first-order valence-electron chi connectivity index (χ1n) is 6.80. The van der Waals surface area contributed by atoms with Gasteiger partial charge in [0, 0.05) is 13.1 Å². The van der Waals surface area contributed by atoms with Crippen LogP contribution in [0.5, 0.6) is 0 Å². The molecule has 0 saturated carbocycles. The number of esters is 1. The minimum absolute atomic E-state index is 0.000647. The number of rotatable bonds is 3. The predicted octanol–water partition coefficient (Wildman–Crippen LogP) is 2.63. The van der Waals surface area contributed by atoms with Crippen molar-refractivity contribution < 1.29 is 32.0 Å². The highest BCUT2D eigenvalue weighted by Crippen LogP contribution is 2.40. The third-order valence-electron chi connectivity index (χ3n) is 3.09. The lowest BCUT2D eigenvalue weighted by Crippen LogP contribution is -2.36. The highest BCUT2D eigenvalue weighted by molar-refractivity contribution is 6.60.